The Morgan fingerprint density at radius 3 is 2.58 bits per heavy atom. The summed E-state index contributed by atoms with van der Waals surface area (Å²) in [5.74, 6) is 0.800. The summed E-state index contributed by atoms with van der Waals surface area (Å²) >= 11 is 0. The van der Waals surface area contributed by atoms with E-state index in [9.17, 15) is 18.5 Å². The second-order valence-electron chi connectivity index (χ2n) is 5.35. The first-order valence-electron chi connectivity index (χ1n) is 7.33. The molecular weight excluding hydrogens is 362 g/mol. The number of benzene rings is 2. The van der Waals surface area contributed by atoms with Gasteiger partial charge >= 0.3 is 0 Å². The topological polar surface area (TPSA) is 125 Å². The molecule has 0 aliphatic rings. The number of nitrogens with zero attached hydrogens (tertiary/aromatic N) is 3. The molecule has 3 aromatic rings. The molecule has 0 spiro atoms. The number of nitro benzene ring substituents is 1. The van der Waals surface area contributed by atoms with Crippen LogP contribution in [0.3, 0.4) is 0 Å². The van der Waals surface area contributed by atoms with E-state index in [-0.39, 0.29) is 28.9 Å². The van der Waals surface area contributed by atoms with E-state index in [1.165, 1.54) is 36.4 Å². The SMILES string of the molecule is CS(=O)(=O)c1cccc(OCc2nc(-c3ccc([N+](=O)[O-])cc3)no2)c1. The number of ether oxygens (including phenoxy) is 1. The van der Waals surface area contributed by atoms with E-state index in [0.29, 0.717) is 11.3 Å². The quantitative estimate of drug-likeness (QED) is 0.475. The average molecular weight is 375 g/mol. The van der Waals surface area contributed by atoms with E-state index in [1.54, 1.807) is 12.1 Å². The van der Waals surface area contributed by atoms with Crippen LogP contribution in [0.5, 0.6) is 5.75 Å². The van der Waals surface area contributed by atoms with Gasteiger partial charge in [0.05, 0.1) is 9.82 Å². The number of non-ortho nitro benzene ring substituents is 1. The van der Waals surface area contributed by atoms with Crippen LogP contribution < -0.4 is 4.74 Å². The third kappa shape index (κ3) is 4.03. The minimum Gasteiger partial charge on any atom is -0.484 e. The van der Waals surface area contributed by atoms with Crippen LogP contribution in [-0.2, 0) is 16.4 Å². The summed E-state index contributed by atoms with van der Waals surface area (Å²) < 4.78 is 33.6. The third-order valence-electron chi connectivity index (χ3n) is 3.40. The summed E-state index contributed by atoms with van der Waals surface area (Å²) in [5.41, 5.74) is 0.524. The van der Waals surface area contributed by atoms with Gasteiger partial charge in [0.1, 0.15) is 5.75 Å². The second-order valence-corrected chi connectivity index (χ2v) is 7.37. The van der Waals surface area contributed by atoms with Gasteiger partial charge in [-0.3, -0.25) is 10.1 Å². The van der Waals surface area contributed by atoms with Gasteiger partial charge in [0.15, 0.2) is 16.4 Å². The van der Waals surface area contributed by atoms with Crippen LogP contribution in [0, 0.1) is 10.1 Å². The highest BCUT2D eigenvalue weighted by Crippen LogP contribution is 2.21. The Kier molecular flexibility index (Phi) is 4.67. The lowest BCUT2D eigenvalue weighted by Gasteiger charge is -2.04. The van der Waals surface area contributed by atoms with Crippen molar-refractivity contribution in [3.05, 3.63) is 64.5 Å². The molecule has 0 atom stereocenters. The lowest BCUT2D eigenvalue weighted by atomic mass is 10.2. The van der Waals surface area contributed by atoms with Crippen molar-refractivity contribution in [3.63, 3.8) is 0 Å². The molecule has 0 bridgehead atoms. The molecule has 0 aliphatic carbocycles. The van der Waals surface area contributed by atoms with Gasteiger partial charge in [0.2, 0.25) is 5.82 Å². The zero-order valence-electron chi connectivity index (χ0n) is 13.5. The molecule has 0 fully saturated rings. The molecule has 134 valence electrons. The van der Waals surface area contributed by atoms with Crippen LogP contribution in [0.4, 0.5) is 5.69 Å². The van der Waals surface area contributed by atoms with E-state index in [2.05, 4.69) is 10.1 Å². The molecular formula is C16H13N3O6S. The Balaban J connectivity index is 1.70. The van der Waals surface area contributed by atoms with E-state index in [0.717, 1.165) is 6.26 Å². The molecule has 0 N–H and O–H groups in total. The molecule has 3 rings (SSSR count). The molecule has 0 amide bonds. The highest BCUT2D eigenvalue weighted by molar-refractivity contribution is 7.90. The fourth-order valence-electron chi connectivity index (χ4n) is 2.10. The van der Waals surface area contributed by atoms with E-state index in [1.807, 2.05) is 0 Å². The highest BCUT2D eigenvalue weighted by Gasteiger charge is 2.12. The maximum absolute atomic E-state index is 11.5. The Morgan fingerprint density at radius 2 is 1.92 bits per heavy atom. The smallest absolute Gasteiger partial charge is 0.269 e. The van der Waals surface area contributed by atoms with Crippen molar-refractivity contribution in [1.29, 1.82) is 0 Å². The van der Waals surface area contributed by atoms with Crippen molar-refractivity contribution in [2.24, 2.45) is 0 Å². The zero-order chi connectivity index (χ0) is 18.7. The fraction of sp³-hybridized carbons (Fsp3) is 0.125. The molecule has 2 aromatic carbocycles. The van der Waals surface area contributed by atoms with E-state index >= 15 is 0 Å². The first-order valence-corrected chi connectivity index (χ1v) is 9.22. The first kappa shape index (κ1) is 17.5. The molecule has 10 heteroatoms. The predicted octanol–water partition coefficient (Wildman–Crippen LogP) is 2.63. The van der Waals surface area contributed by atoms with Gasteiger partial charge in [-0.2, -0.15) is 4.98 Å². The van der Waals surface area contributed by atoms with E-state index in [4.69, 9.17) is 9.26 Å². The zero-order valence-corrected chi connectivity index (χ0v) is 14.3. The minimum atomic E-state index is -3.33. The Bertz CT molecular complexity index is 1040. The summed E-state index contributed by atoms with van der Waals surface area (Å²) in [4.78, 5) is 14.5. The number of nitro groups is 1. The molecule has 0 radical (unpaired) electrons. The largest absolute Gasteiger partial charge is 0.484 e. The molecule has 9 nitrogen and oxygen atoms in total. The summed E-state index contributed by atoms with van der Waals surface area (Å²) in [7, 11) is -3.33. The number of aromatic nitrogens is 2. The molecule has 1 heterocycles. The Labute approximate surface area is 148 Å². The van der Waals surface area contributed by atoms with Crippen molar-refractivity contribution in [1.82, 2.24) is 10.1 Å². The maximum atomic E-state index is 11.5. The Hall–Kier alpha value is -3.27. The monoisotopic (exact) mass is 375 g/mol. The van der Waals surface area contributed by atoms with Gasteiger partial charge in [-0.1, -0.05) is 11.2 Å². The molecule has 26 heavy (non-hydrogen) atoms. The summed E-state index contributed by atoms with van der Waals surface area (Å²) in [5, 5.41) is 14.5. The fourth-order valence-corrected chi connectivity index (χ4v) is 2.76. The second kappa shape index (κ2) is 6.92. The van der Waals surface area contributed by atoms with Crippen molar-refractivity contribution in [2.45, 2.75) is 11.5 Å². The third-order valence-corrected chi connectivity index (χ3v) is 4.51. The van der Waals surface area contributed by atoms with Gasteiger partial charge < -0.3 is 9.26 Å². The van der Waals surface area contributed by atoms with Crippen LogP contribution in [0.15, 0.2) is 57.9 Å². The number of hydrogen-bond acceptors (Lipinski definition) is 8. The van der Waals surface area contributed by atoms with Gasteiger partial charge in [-0.05, 0) is 30.3 Å². The molecule has 1 aromatic heterocycles. The minimum absolute atomic E-state index is 0.0356. The molecule has 0 unspecified atom stereocenters. The predicted molar refractivity (Wildman–Crippen MR) is 90.3 cm³/mol. The van der Waals surface area contributed by atoms with E-state index < -0.39 is 14.8 Å². The summed E-state index contributed by atoms with van der Waals surface area (Å²) in [6.45, 7) is -0.0484. The first-order chi connectivity index (χ1) is 12.3. The highest BCUT2D eigenvalue weighted by atomic mass is 32.2. The summed E-state index contributed by atoms with van der Waals surface area (Å²) in [6.07, 6.45) is 1.11. The van der Waals surface area contributed by atoms with Crippen molar-refractivity contribution < 1.29 is 22.6 Å². The van der Waals surface area contributed by atoms with Crippen LogP contribution in [0.1, 0.15) is 5.89 Å². The maximum Gasteiger partial charge on any atom is 0.269 e. The van der Waals surface area contributed by atoms with Crippen LogP contribution in [-0.4, -0.2) is 29.7 Å². The molecule has 0 saturated carbocycles. The van der Waals surface area contributed by atoms with Gasteiger partial charge in [0.25, 0.3) is 11.6 Å². The van der Waals surface area contributed by atoms with Gasteiger partial charge in [0, 0.05) is 24.0 Å². The van der Waals surface area contributed by atoms with Gasteiger partial charge in [-0.15, -0.1) is 0 Å². The van der Waals surface area contributed by atoms with Crippen molar-refractivity contribution in [3.8, 4) is 17.1 Å². The van der Waals surface area contributed by atoms with Crippen LogP contribution >= 0.6 is 0 Å². The lowest BCUT2D eigenvalue weighted by molar-refractivity contribution is -0.384. The number of sulfone groups is 1. The summed E-state index contributed by atoms with van der Waals surface area (Å²) in [6, 6.07) is 11.8. The standard InChI is InChI=1S/C16H13N3O6S/c1-26(22,23)14-4-2-3-13(9-14)24-10-15-17-16(18-25-15)11-5-7-12(8-6-11)19(20)21/h2-9H,10H2,1H3. The molecule has 0 saturated heterocycles. The van der Waals surface area contributed by atoms with Gasteiger partial charge in [-0.25, -0.2) is 8.42 Å². The normalized spacial score (nSPS) is 11.3. The van der Waals surface area contributed by atoms with Crippen molar-refractivity contribution in [2.75, 3.05) is 6.26 Å². The average Bonchev–Trinajstić information content (AvgIpc) is 3.08. The van der Waals surface area contributed by atoms with Crippen LogP contribution in [0.2, 0.25) is 0 Å². The number of rotatable bonds is 6. The number of hydrogen-bond donors (Lipinski definition) is 0. The Morgan fingerprint density at radius 1 is 1.19 bits per heavy atom. The molecule has 0 aliphatic heterocycles. The van der Waals surface area contributed by atoms with Crippen molar-refractivity contribution >= 4 is 15.5 Å². The lowest BCUT2D eigenvalue weighted by Crippen LogP contribution is -1.99. The van der Waals surface area contributed by atoms with Crippen LogP contribution in [0.25, 0.3) is 11.4 Å².